The van der Waals surface area contributed by atoms with Crippen LogP contribution in [-0.4, -0.2) is 46.2 Å². The molecule has 0 spiro atoms. The summed E-state index contributed by atoms with van der Waals surface area (Å²) in [7, 11) is 0. The summed E-state index contributed by atoms with van der Waals surface area (Å²) in [5.41, 5.74) is 0.663. The van der Waals surface area contributed by atoms with Crippen LogP contribution in [0.5, 0.6) is 0 Å². The summed E-state index contributed by atoms with van der Waals surface area (Å²) >= 11 is 6.19. The van der Waals surface area contributed by atoms with Gasteiger partial charge < -0.3 is 9.73 Å². The molecule has 1 aromatic carbocycles. The van der Waals surface area contributed by atoms with Gasteiger partial charge in [0, 0.05) is 6.04 Å². The van der Waals surface area contributed by atoms with Gasteiger partial charge in [-0.05, 0) is 43.9 Å². The molecule has 1 aliphatic carbocycles. The Kier molecular flexibility index (Phi) is 8.43. The summed E-state index contributed by atoms with van der Waals surface area (Å²) in [6, 6.07) is 6.93. The van der Waals surface area contributed by atoms with Gasteiger partial charge in [0.15, 0.2) is 0 Å². The number of nitrogens with one attached hydrogen (secondary N) is 2. The second-order valence-electron chi connectivity index (χ2n) is 8.08. The van der Waals surface area contributed by atoms with E-state index in [0.717, 1.165) is 25.7 Å². The Hall–Kier alpha value is -2.45. The number of halogens is 1. The Morgan fingerprint density at radius 2 is 2.00 bits per heavy atom. The number of aromatic nitrogens is 2. The maximum absolute atomic E-state index is 12.4. The number of hydrogen-bond donors (Lipinski definition) is 2. The van der Waals surface area contributed by atoms with Crippen molar-refractivity contribution in [3.63, 3.8) is 0 Å². The molecule has 2 N–H and O–H groups in total. The van der Waals surface area contributed by atoms with Crippen LogP contribution in [-0.2, 0) is 11.3 Å². The minimum atomic E-state index is -0.431. The van der Waals surface area contributed by atoms with Crippen LogP contribution in [0.25, 0.3) is 11.5 Å². The summed E-state index contributed by atoms with van der Waals surface area (Å²) < 4.78 is 5.74. The number of imide groups is 1. The predicted octanol–water partition coefficient (Wildman–Crippen LogP) is 4.01. The molecular weight excluding hydrogens is 418 g/mol. The van der Waals surface area contributed by atoms with Gasteiger partial charge in [0.25, 0.3) is 0 Å². The summed E-state index contributed by atoms with van der Waals surface area (Å²) in [6.07, 6.45) is 5.19. The fourth-order valence-corrected chi connectivity index (χ4v) is 4.10. The van der Waals surface area contributed by atoms with Crippen LogP contribution in [0.3, 0.4) is 0 Å². The van der Waals surface area contributed by atoms with Crippen LogP contribution in [0.1, 0.15) is 51.8 Å². The van der Waals surface area contributed by atoms with E-state index in [4.69, 9.17) is 16.0 Å². The van der Waals surface area contributed by atoms with E-state index in [1.807, 2.05) is 30.0 Å². The molecule has 1 fully saturated rings. The van der Waals surface area contributed by atoms with E-state index in [0.29, 0.717) is 41.4 Å². The van der Waals surface area contributed by atoms with Crippen molar-refractivity contribution < 1.29 is 14.0 Å². The van der Waals surface area contributed by atoms with E-state index in [9.17, 15) is 9.59 Å². The lowest BCUT2D eigenvalue weighted by atomic mass is 9.86. The number of carbonyl (C=O) groups is 2. The van der Waals surface area contributed by atoms with Gasteiger partial charge in [-0.1, -0.05) is 50.4 Å². The number of carbonyl (C=O) groups excluding carboxylic acids is 2. The summed E-state index contributed by atoms with van der Waals surface area (Å²) in [6.45, 7) is 5.17. The SMILES string of the molecule is CCCN(CC(=O)NC(=O)NC1CCCCC1C)Cc1nnc(-c2ccccc2Cl)o1. The number of hydrogen-bond acceptors (Lipinski definition) is 6. The van der Waals surface area contributed by atoms with E-state index in [-0.39, 0.29) is 18.5 Å². The second kappa shape index (κ2) is 11.2. The van der Waals surface area contributed by atoms with Crippen LogP contribution in [0.15, 0.2) is 28.7 Å². The van der Waals surface area contributed by atoms with Gasteiger partial charge in [-0.3, -0.25) is 15.0 Å². The zero-order valence-corrected chi connectivity index (χ0v) is 18.8. The highest BCUT2D eigenvalue weighted by Gasteiger charge is 2.24. The van der Waals surface area contributed by atoms with Crippen molar-refractivity contribution >= 4 is 23.5 Å². The van der Waals surface area contributed by atoms with Gasteiger partial charge in [-0.15, -0.1) is 10.2 Å². The highest BCUT2D eigenvalue weighted by molar-refractivity contribution is 6.33. The van der Waals surface area contributed by atoms with Gasteiger partial charge in [-0.2, -0.15) is 0 Å². The molecule has 2 atom stereocenters. The van der Waals surface area contributed by atoms with Crippen LogP contribution in [0.4, 0.5) is 4.79 Å². The zero-order chi connectivity index (χ0) is 22.2. The molecule has 0 aliphatic heterocycles. The van der Waals surface area contributed by atoms with Crippen molar-refractivity contribution in [3.05, 3.63) is 35.2 Å². The Balaban J connectivity index is 1.54. The third-order valence-corrected chi connectivity index (χ3v) is 5.85. The fourth-order valence-electron chi connectivity index (χ4n) is 3.89. The van der Waals surface area contributed by atoms with Gasteiger partial charge in [0.05, 0.1) is 23.7 Å². The van der Waals surface area contributed by atoms with E-state index in [1.54, 1.807) is 6.07 Å². The van der Waals surface area contributed by atoms with Crippen molar-refractivity contribution in [1.82, 2.24) is 25.7 Å². The van der Waals surface area contributed by atoms with Gasteiger partial charge >= 0.3 is 6.03 Å². The quantitative estimate of drug-likeness (QED) is 0.634. The molecule has 3 rings (SSSR count). The van der Waals surface area contributed by atoms with E-state index in [2.05, 4.69) is 27.8 Å². The molecule has 9 heteroatoms. The minimum absolute atomic E-state index is 0.0608. The summed E-state index contributed by atoms with van der Waals surface area (Å²) in [5, 5.41) is 14.1. The molecule has 31 heavy (non-hydrogen) atoms. The number of benzene rings is 1. The number of urea groups is 1. The van der Waals surface area contributed by atoms with E-state index < -0.39 is 6.03 Å². The minimum Gasteiger partial charge on any atom is -0.419 e. The Bertz CT molecular complexity index is 888. The molecule has 8 nitrogen and oxygen atoms in total. The highest BCUT2D eigenvalue weighted by atomic mass is 35.5. The van der Waals surface area contributed by atoms with E-state index >= 15 is 0 Å². The standard InChI is InChI=1S/C22H30ClN5O3/c1-3-12-28(13-19(29)25-22(30)24-18-11-7-4-8-15(18)2)14-20-26-27-21(31-20)16-9-5-6-10-17(16)23/h5-6,9-10,15,18H,3-4,7-8,11-14H2,1-2H3,(H2,24,25,29,30). The van der Waals surface area contributed by atoms with Gasteiger partial charge in [0.1, 0.15) is 0 Å². The molecule has 2 aromatic rings. The first-order valence-corrected chi connectivity index (χ1v) is 11.2. The molecule has 1 aromatic heterocycles. The van der Waals surface area contributed by atoms with Crippen LogP contribution >= 0.6 is 11.6 Å². The molecule has 1 saturated carbocycles. The van der Waals surface area contributed by atoms with Crippen LogP contribution in [0, 0.1) is 5.92 Å². The van der Waals surface area contributed by atoms with Crippen molar-refractivity contribution in [2.75, 3.05) is 13.1 Å². The third kappa shape index (κ3) is 6.77. The number of amides is 3. The average Bonchev–Trinajstić information content (AvgIpc) is 3.18. The average molecular weight is 448 g/mol. The van der Waals surface area contributed by atoms with Crippen molar-refractivity contribution in [3.8, 4) is 11.5 Å². The fraction of sp³-hybridized carbons (Fsp3) is 0.545. The van der Waals surface area contributed by atoms with Crippen molar-refractivity contribution in [2.24, 2.45) is 5.92 Å². The predicted molar refractivity (Wildman–Crippen MR) is 118 cm³/mol. The molecule has 3 amide bonds. The maximum Gasteiger partial charge on any atom is 0.321 e. The Labute approximate surface area is 187 Å². The summed E-state index contributed by atoms with van der Waals surface area (Å²) in [4.78, 5) is 26.5. The second-order valence-corrected chi connectivity index (χ2v) is 8.49. The van der Waals surface area contributed by atoms with Crippen molar-refractivity contribution in [2.45, 2.75) is 58.5 Å². The van der Waals surface area contributed by atoms with Crippen LogP contribution in [0.2, 0.25) is 5.02 Å². The molecular formula is C22H30ClN5O3. The maximum atomic E-state index is 12.4. The number of rotatable bonds is 8. The first-order chi connectivity index (χ1) is 15.0. The smallest absolute Gasteiger partial charge is 0.321 e. The largest absolute Gasteiger partial charge is 0.419 e. The lowest BCUT2D eigenvalue weighted by Gasteiger charge is -2.29. The molecule has 168 valence electrons. The molecule has 0 radical (unpaired) electrons. The topological polar surface area (TPSA) is 100 Å². The van der Waals surface area contributed by atoms with Gasteiger partial charge in [-0.25, -0.2) is 4.79 Å². The van der Waals surface area contributed by atoms with E-state index in [1.165, 1.54) is 6.42 Å². The summed E-state index contributed by atoms with van der Waals surface area (Å²) in [5.74, 6) is 0.787. The highest BCUT2D eigenvalue weighted by Crippen LogP contribution is 2.26. The first kappa shape index (κ1) is 23.2. The zero-order valence-electron chi connectivity index (χ0n) is 18.1. The monoisotopic (exact) mass is 447 g/mol. The molecule has 1 heterocycles. The Morgan fingerprint density at radius 1 is 1.23 bits per heavy atom. The lowest BCUT2D eigenvalue weighted by molar-refractivity contribution is -0.121. The molecule has 0 bridgehead atoms. The number of nitrogens with zero attached hydrogens (tertiary/aromatic N) is 3. The normalized spacial score (nSPS) is 18.7. The molecule has 1 aliphatic rings. The Morgan fingerprint density at radius 3 is 2.74 bits per heavy atom. The van der Waals surface area contributed by atoms with Crippen molar-refractivity contribution in [1.29, 1.82) is 0 Å². The van der Waals surface area contributed by atoms with Gasteiger partial charge in [0.2, 0.25) is 17.7 Å². The molecule has 2 unspecified atom stereocenters. The van der Waals surface area contributed by atoms with Crippen LogP contribution < -0.4 is 10.6 Å². The lowest BCUT2D eigenvalue weighted by Crippen LogP contribution is -2.49. The third-order valence-electron chi connectivity index (χ3n) is 5.52. The first-order valence-electron chi connectivity index (χ1n) is 10.9. The molecule has 0 saturated heterocycles.